The van der Waals surface area contributed by atoms with Crippen LogP contribution in [0.1, 0.15) is 18.4 Å². The Balaban J connectivity index is 1.78. The molecule has 1 saturated carbocycles. The fourth-order valence-electron chi connectivity index (χ4n) is 1.96. The summed E-state index contributed by atoms with van der Waals surface area (Å²) >= 11 is 3.32. The van der Waals surface area contributed by atoms with Crippen LogP contribution in [0.3, 0.4) is 0 Å². The fourth-order valence-corrected chi connectivity index (χ4v) is 2.37. The Bertz CT molecular complexity index is 366. The minimum absolute atomic E-state index is 0.116. The van der Waals surface area contributed by atoms with E-state index in [9.17, 15) is 4.39 Å². The van der Waals surface area contributed by atoms with Crippen LogP contribution in [0.25, 0.3) is 0 Å². The third-order valence-electron chi connectivity index (χ3n) is 2.97. The highest BCUT2D eigenvalue weighted by Crippen LogP contribution is 2.26. The van der Waals surface area contributed by atoms with Gasteiger partial charge in [0.25, 0.3) is 0 Å². The Morgan fingerprint density at radius 1 is 1.44 bits per heavy atom. The van der Waals surface area contributed by atoms with Crippen LogP contribution < -0.4 is 5.32 Å². The van der Waals surface area contributed by atoms with Gasteiger partial charge in [0.1, 0.15) is 5.82 Å². The van der Waals surface area contributed by atoms with Crippen LogP contribution >= 0.6 is 15.9 Å². The molecule has 0 heterocycles. The molecule has 0 unspecified atom stereocenters. The zero-order valence-corrected chi connectivity index (χ0v) is 10.5. The molecule has 88 valence electrons. The summed E-state index contributed by atoms with van der Waals surface area (Å²) in [6.45, 7) is 1.39. The van der Waals surface area contributed by atoms with Crippen LogP contribution in [0.5, 0.6) is 0 Å². The van der Waals surface area contributed by atoms with E-state index in [2.05, 4.69) is 21.2 Å². The molecule has 1 aromatic rings. The molecule has 1 fully saturated rings. The number of halogens is 2. The van der Waals surface area contributed by atoms with E-state index < -0.39 is 0 Å². The Labute approximate surface area is 103 Å². The molecule has 0 amide bonds. The Morgan fingerprint density at radius 2 is 2.19 bits per heavy atom. The molecule has 1 aliphatic rings. The molecule has 4 heteroatoms. The highest BCUT2D eigenvalue weighted by atomic mass is 79.9. The minimum atomic E-state index is -0.177. The van der Waals surface area contributed by atoms with Crippen LogP contribution in [0.15, 0.2) is 22.7 Å². The molecule has 0 atom stereocenters. The van der Waals surface area contributed by atoms with Gasteiger partial charge in [-0.3, -0.25) is 0 Å². The van der Waals surface area contributed by atoms with Crippen molar-refractivity contribution in [2.75, 3.05) is 6.54 Å². The zero-order chi connectivity index (χ0) is 11.5. The van der Waals surface area contributed by atoms with E-state index in [4.69, 9.17) is 5.11 Å². The van der Waals surface area contributed by atoms with Gasteiger partial charge in [-0.25, -0.2) is 4.39 Å². The Hall–Kier alpha value is -0.450. The van der Waals surface area contributed by atoms with E-state index in [-0.39, 0.29) is 11.9 Å². The predicted molar refractivity (Wildman–Crippen MR) is 64.5 cm³/mol. The van der Waals surface area contributed by atoms with Crippen molar-refractivity contribution in [3.63, 3.8) is 0 Å². The van der Waals surface area contributed by atoms with Gasteiger partial charge in [-0.15, -0.1) is 0 Å². The van der Waals surface area contributed by atoms with E-state index in [1.54, 1.807) is 12.1 Å². The first-order chi connectivity index (χ1) is 7.65. The van der Waals surface area contributed by atoms with E-state index in [0.717, 1.165) is 23.9 Å². The summed E-state index contributed by atoms with van der Waals surface area (Å²) in [4.78, 5) is 0. The summed E-state index contributed by atoms with van der Waals surface area (Å²) in [5, 5.41) is 12.3. The first kappa shape index (κ1) is 12.0. The van der Waals surface area contributed by atoms with Gasteiger partial charge in [0.05, 0.1) is 6.10 Å². The van der Waals surface area contributed by atoms with Crippen LogP contribution in [-0.2, 0) is 6.54 Å². The van der Waals surface area contributed by atoms with E-state index in [0.29, 0.717) is 18.0 Å². The first-order valence-electron chi connectivity index (χ1n) is 5.48. The van der Waals surface area contributed by atoms with Crippen molar-refractivity contribution in [3.05, 3.63) is 34.1 Å². The topological polar surface area (TPSA) is 32.3 Å². The molecule has 0 radical (unpaired) electrons. The molecule has 2 nitrogen and oxygen atoms in total. The SMILES string of the molecule is OC1CC(CNCc2cc(Br)ccc2F)C1. The zero-order valence-electron chi connectivity index (χ0n) is 8.92. The van der Waals surface area contributed by atoms with Crippen molar-refractivity contribution in [3.8, 4) is 0 Å². The molecule has 0 aliphatic heterocycles. The van der Waals surface area contributed by atoms with Crippen molar-refractivity contribution in [2.45, 2.75) is 25.5 Å². The molecule has 1 aliphatic carbocycles. The standard InChI is InChI=1S/C12H15BrFNO/c13-10-1-2-12(14)9(5-10)7-15-6-8-3-11(16)4-8/h1-2,5,8,11,15-16H,3-4,6-7H2. The Kier molecular flexibility index (Phi) is 3.95. The maximum atomic E-state index is 13.4. The maximum Gasteiger partial charge on any atom is 0.127 e. The van der Waals surface area contributed by atoms with Gasteiger partial charge in [0.15, 0.2) is 0 Å². The summed E-state index contributed by atoms with van der Waals surface area (Å²) in [5.74, 6) is 0.370. The predicted octanol–water partition coefficient (Wildman–Crippen LogP) is 2.45. The molecular formula is C12H15BrFNO. The highest BCUT2D eigenvalue weighted by molar-refractivity contribution is 9.10. The summed E-state index contributed by atoms with van der Waals surface area (Å²) in [6, 6.07) is 4.95. The summed E-state index contributed by atoms with van der Waals surface area (Å²) in [5.41, 5.74) is 0.675. The van der Waals surface area contributed by atoms with Crippen molar-refractivity contribution >= 4 is 15.9 Å². The van der Waals surface area contributed by atoms with Crippen molar-refractivity contribution < 1.29 is 9.50 Å². The van der Waals surface area contributed by atoms with Gasteiger partial charge in [-0.2, -0.15) is 0 Å². The van der Waals surface area contributed by atoms with Crippen molar-refractivity contribution in [2.24, 2.45) is 5.92 Å². The molecule has 2 N–H and O–H groups in total. The number of aliphatic hydroxyl groups excluding tert-OH is 1. The van der Waals surface area contributed by atoms with Gasteiger partial charge in [-0.05, 0) is 43.5 Å². The van der Waals surface area contributed by atoms with Gasteiger partial charge in [0, 0.05) is 16.6 Å². The number of aliphatic hydroxyl groups is 1. The van der Waals surface area contributed by atoms with Gasteiger partial charge in [-0.1, -0.05) is 15.9 Å². The molecule has 16 heavy (non-hydrogen) atoms. The molecule has 0 aromatic heterocycles. The lowest BCUT2D eigenvalue weighted by molar-refractivity contribution is 0.0429. The van der Waals surface area contributed by atoms with Crippen LogP contribution in [0.4, 0.5) is 4.39 Å². The van der Waals surface area contributed by atoms with E-state index in [1.807, 2.05) is 0 Å². The van der Waals surface area contributed by atoms with E-state index >= 15 is 0 Å². The van der Waals surface area contributed by atoms with Gasteiger partial charge < -0.3 is 10.4 Å². The molecular weight excluding hydrogens is 273 g/mol. The second kappa shape index (κ2) is 5.25. The van der Waals surface area contributed by atoms with Gasteiger partial charge >= 0.3 is 0 Å². The highest BCUT2D eigenvalue weighted by Gasteiger charge is 2.26. The summed E-state index contributed by atoms with van der Waals surface area (Å²) < 4.78 is 14.2. The lowest BCUT2D eigenvalue weighted by atomic mass is 9.82. The lowest BCUT2D eigenvalue weighted by Crippen LogP contribution is -2.36. The third kappa shape index (κ3) is 3.03. The van der Waals surface area contributed by atoms with Gasteiger partial charge in [0.2, 0.25) is 0 Å². The molecule has 0 saturated heterocycles. The largest absolute Gasteiger partial charge is 0.393 e. The molecule has 0 bridgehead atoms. The monoisotopic (exact) mass is 287 g/mol. The van der Waals surface area contributed by atoms with Crippen LogP contribution in [0, 0.1) is 11.7 Å². The molecule has 2 rings (SSSR count). The van der Waals surface area contributed by atoms with Crippen LogP contribution in [-0.4, -0.2) is 17.8 Å². The second-order valence-corrected chi connectivity index (χ2v) is 5.27. The normalized spacial score (nSPS) is 24.2. The quantitative estimate of drug-likeness (QED) is 0.892. The van der Waals surface area contributed by atoms with Crippen molar-refractivity contribution in [1.29, 1.82) is 0 Å². The number of hydrogen-bond donors (Lipinski definition) is 2. The first-order valence-corrected chi connectivity index (χ1v) is 6.27. The number of nitrogens with one attached hydrogen (secondary N) is 1. The number of benzene rings is 1. The van der Waals surface area contributed by atoms with E-state index in [1.165, 1.54) is 6.07 Å². The number of rotatable bonds is 4. The number of hydrogen-bond acceptors (Lipinski definition) is 2. The average molecular weight is 288 g/mol. The average Bonchev–Trinajstić information content (AvgIpc) is 2.20. The molecule has 0 spiro atoms. The second-order valence-electron chi connectivity index (χ2n) is 4.36. The Morgan fingerprint density at radius 3 is 2.88 bits per heavy atom. The smallest absolute Gasteiger partial charge is 0.127 e. The van der Waals surface area contributed by atoms with Crippen LogP contribution in [0.2, 0.25) is 0 Å². The van der Waals surface area contributed by atoms with Crippen molar-refractivity contribution in [1.82, 2.24) is 5.32 Å². The summed E-state index contributed by atoms with van der Waals surface area (Å²) in [6.07, 6.45) is 1.62. The molecule has 1 aromatic carbocycles. The summed E-state index contributed by atoms with van der Waals surface area (Å²) in [7, 11) is 0. The lowest BCUT2D eigenvalue weighted by Gasteiger charge is -2.31. The fraction of sp³-hybridized carbons (Fsp3) is 0.500. The third-order valence-corrected chi connectivity index (χ3v) is 3.46. The maximum absolute atomic E-state index is 13.4. The minimum Gasteiger partial charge on any atom is -0.393 e.